The summed E-state index contributed by atoms with van der Waals surface area (Å²) in [6, 6.07) is 16.0. The van der Waals surface area contributed by atoms with Gasteiger partial charge in [-0.05, 0) is 43.2 Å². The maximum atomic E-state index is 12.3. The zero-order valence-electron chi connectivity index (χ0n) is 18.0. The summed E-state index contributed by atoms with van der Waals surface area (Å²) in [6.45, 7) is 4.99. The van der Waals surface area contributed by atoms with Crippen molar-refractivity contribution in [2.24, 2.45) is 0 Å². The quantitative estimate of drug-likeness (QED) is 0.330. The van der Waals surface area contributed by atoms with Gasteiger partial charge in [0.25, 0.3) is 5.91 Å². The summed E-state index contributed by atoms with van der Waals surface area (Å²) in [6.07, 6.45) is 1.42. The zero-order valence-corrected chi connectivity index (χ0v) is 18.0. The van der Waals surface area contributed by atoms with Crippen LogP contribution >= 0.6 is 0 Å². The first-order chi connectivity index (χ1) is 15.0. The van der Waals surface area contributed by atoms with Crippen LogP contribution in [0.3, 0.4) is 0 Å². The van der Waals surface area contributed by atoms with Crippen LogP contribution in [0.5, 0.6) is 11.5 Å². The third-order valence-corrected chi connectivity index (χ3v) is 4.52. The van der Waals surface area contributed by atoms with Gasteiger partial charge < -0.3 is 19.1 Å². The highest BCUT2D eigenvalue weighted by Gasteiger charge is 2.14. The molecule has 0 heterocycles. The lowest BCUT2D eigenvalue weighted by Gasteiger charge is -2.19. The number of hydrogen-bond acceptors (Lipinski definition) is 6. The first-order valence-corrected chi connectivity index (χ1v) is 9.93. The van der Waals surface area contributed by atoms with Gasteiger partial charge in [-0.15, -0.1) is 0 Å². The molecule has 2 aromatic carbocycles. The second-order valence-electron chi connectivity index (χ2n) is 6.50. The maximum Gasteiger partial charge on any atom is 0.349 e. The molecule has 2 aromatic rings. The summed E-state index contributed by atoms with van der Waals surface area (Å²) < 4.78 is 16.2. The summed E-state index contributed by atoms with van der Waals surface area (Å²) in [4.78, 5) is 26.1. The number of methoxy groups -OCH3 is 1. The van der Waals surface area contributed by atoms with Crippen LogP contribution in [0.25, 0.3) is 6.08 Å². The molecule has 2 rings (SSSR count). The van der Waals surface area contributed by atoms with Crippen LogP contribution in [0.4, 0.5) is 0 Å². The molecule has 0 N–H and O–H groups in total. The number of amides is 1. The third kappa shape index (κ3) is 6.89. The number of hydrogen-bond donors (Lipinski definition) is 0. The summed E-state index contributed by atoms with van der Waals surface area (Å²) in [5.74, 6) is -0.0548. The molecule has 0 aliphatic carbocycles. The van der Waals surface area contributed by atoms with E-state index >= 15 is 0 Å². The first-order valence-electron chi connectivity index (χ1n) is 9.93. The number of likely N-dealkylation sites (N-methyl/N-ethyl adjacent to an activating group) is 1. The molecule has 0 aliphatic heterocycles. The fraction of sp³-hybridized carbons (Fsp3) is 0.292. The smallest absolute Gasteiger partial charge is 0.349 e. The molecule has 0 aliphatic rings. The molecule has 0 atom stereocenters. The standard InChI is InChI=1S/C24H26N2O5/c1-4-26(5-2)23(27)17-30-21-12-11-19(14-22(21)29-3)13-20(15-25)24(28)31-16-18-9-7-6-8-10-18/h6-14H,4-5,16-17H2,1-3H3/b20-13+. The zero-order chi connectivity index (χ0) is 22.6. The predicted molar refractivity (Wildman–Crippen MR) is 116 cm³/mol. The Morgan fingerprint density at radius 1 is 1.06 bits per heavy atom. The normalized spacial score (nSPS) is 10.7. The van der Waals surface area contributed by atoms with Gasteiger partial charge in [-0.3, -0.25) is 4.79 Å². The van der Waals surface area contributed by atoms with Gasteiger partial charge in [0.1, 0.15) is 18.2 Å². The van der Waals surface area contributed by atoms with E-state index in [-0.39, 0.29) is 24.7 Å². The van der Waals surface area contributed by atoms with E-state index in [9.17, 15) is 14.9 Å². The van der Waals surface area contributed by atoms with Crippen LogP contribution in [0.1, 0.15) is 25.0 Å². The van der Waals surface area contributed by atoms with E-state index in [0.717, 1.165) is 5.56 Å². The Labute approximate surface area is 182 Å². The van der Waals surface area contributed by atoms with Gasteiger partial charge in [0.2, 0.25) is 0 Å². The van der Waals surface area contributed by atoms with E-state index < -0.39 is 5.97 Å². The number of ether oxygens (including phenoxy) is 3. The molecule has 0 spiro atoms. The minimum Gasteiger partial charge on any atom is -0.493 e. The molecule has 0 saturated carbocycles. The molecule has 0 bridgehead atoms. The first kappa shape index (κ1) is 23.5. The van der Waals surface area contributed by atoms with Crippen molar-refractivity contribution in [1.82, 2.24) is 4.90 Å². The Kier molecular flexibility index (Phi) is 9.12. The molecule has 162 valence electrons. The van der Waals surface area contributed by atoms with Gasteiger partial charge in [-0.25, -0.2) is 4.79 Å². The summed E-state index contributed by atoms with van der Waals surface area (Å²) >= 11 is 0. The third-order valence-electron chi connectivity index (χ3n) is 4.52. The molecule has 0 fully saturated rings. The Hall–Kier alpha value is -3.79. The number of rotatable bonds is 10. The van der Waals surface area contributed by atoms with Crippen LogP contribution in [0, 0.1) is 11.3 Å². The molecule has 0 saturated heterocycles. The van der Waals surface area contributed by atoms with E-state index in [4.69, 9.17) is 14.2 Å². The van der Waals surface area contributed by atoms with Crippen molar-refractivity contribution in [3.8, 4) is 17.6 Å². The number of nitriles is 1. The molecule has 1 amide bonds. The summed E-state index contributed by atoms with van der Waals surface area (Å²) in [7, 11) is 1.47. The van der Waals surface area contributed by atoms with Gasteiger partial charge in [-0.2, -0.15) is 5.26 Å². The van der Waals surface area contributed by atoms with Crippen molar-refractivity contribution in [3.63, 3.8) is 0 Å². The number of esters is 1. The van der Waals surface area contributed by atoms with Gasteiger partial charge in [0, 0.05) is 13.1 Å². The maximum absolute atomic E-state index is 12.3. The second-order valence-corrected chi connectivity index (χ2v) is 6.50. The fourth-order valence-electron chi connectivity index (χ4n) is 2.80. The van der Waals surface area contributed by atoms with E-state index in [1.807, 2.05) is 50.2 Å². The minimum atomic E-state index is -0.713. The summed E-state index contributed by atoms with van der Waals surface area (Å²) in [5, 5.41) is 9.36. The largest absolute Gasteiger partial charge is 0.493 e. The van der Waals surface area contributed by atoms with Crippen LogP contribution in [0.2, 0.25) is 0 Å². The average Bonchev–Trinajstić information content (AvgIpc) is 2.81. The fourth-order valence-corrected chi connectivity index (χ4v) is 2.80. The number of benzene rings is 2. The van der Waals surface area contributed by atoms with Crippen molar-refractivity contribution in [3.05, 3.63) is 65.2 Å². The molecule has 31 heavy (non-hydrogen) atoms. The van der Waals surface area contributed by atoms with Gasteiger partial charge >= 0.3 is 5.97 Å². The lowest BCUT2D eigenvalue weighted by Crippen LogP contribution is -2.34. The molecule has 0 radical (unpaired) electrons. The van der Waals surface area contributed by atoms with Crippen molar-refractivity contribution >= 4 is 18.0 Å². The SMILES string of the molecule is CCN(CC)C(=O)COc1ccc(/C=C(\C#N)C(=O)OCc2ccccc2)cc1OC. The van der Waals surface area contributed by atoms with Crippen LogP contribution in [-0.2, 0) is 20.9 Å². The van der Waals surface area contributed by atoms with Crippen molar-refractivity contribution in [2.75, 3.05) is 26.8 Å². The lowest BCUT2D eigenvalue weighted by atomic mass is 10.1. The highest BCUT2D eigenvalue weighted by molar-refractivity contribution is 5.98. The van der Waals surface area contributed by atoms with E-state index in [2.05, 4.69) is 0 Å². The van der Waals surface area contributed by atoms with E-state index in [1.54, 1.807) is 23.1 Å². The molecular formula is C24H26N2O5. The lowest BCUT2D eigenvalue weighted by molar-refractivity contribution is -0.139. The number of carbonyl (C=O) groups is 2. The second kappa shape index (κ2) is 12.0. The van der Waals surface area contributed by atoms with E-state index in [0.29, 0.717) is 30.2 Å². The Balaban J connectivity index is 2.09. The number of carbonyl (C=O) groups excluding carboxylic acids is 2. The van der Waals surface area contributed by atoms with Crippen molar-refractivity contribution < 1.29 is 23.8 Å². The topological polar surface area (TPSA) is 88.9 Å². The molecule has 7 nitrogen and oxygen atoms in total. The van der Waals surface area contributed by atoms with Gasteiger partial charge in [0.15, 0.2) is 18.1 Å². The Bertz CT molecular complexity index is 960. The van der Waals surface area contributed by atoms with Crippen molar-refractivity contribution in [1.29, 1.82) is 5.26 Å². The molecule has 7 heteroatoms. The van der Waals surface area contributed by atoms with Crippen LogP contribution in [0.15, 0.2) is 54.1 Å². The van der Waals surface area contributed by atoms with Crippen LogP contribution in [-0.4, -0.2) is 43.6 Å². The molecule has 0 aromatic heterocycles. The molecular weight excluding hydrogens is 396 g/mol. The Morgan fingerprint density at radius 2 is 1.77 bits per heavy atom. The average molecular weight is 422 g/mol. The monoisotopic (exact) mass is 422 g/mol. The summed E-state index contributed by atoms with van der Waals surface area (Å²) in [5.41, 5.74) is 1.26. The highest BCUT2D eigenvalue weighted by Crippen LogP contribution is 2.29. The van der Waals surface area contributed by atoms with Gasteiger partial charge in [-0.1, -0.05) is 36.4 Å². The molecule has 0 unspecified atom stereocenters. The van der Waals surface area contributed by atoms with Crippen molar-refractivity contribution in [2.45, 2.75) is 20.5 Å². The Morgan fingerprint density at radius 3 is 2.39 bits per heavy atom. The minimum absolute atomic E-state index is 0.0787. The van der Waals surface area contributed by atoms with E-state index in [1.165, 1.54) is 13.2 Å². The van der Waals surface area contributed by atoms with Gasteiger partial charge in [0.05, 0.1) is 7.11 Å². The number of nitrogens with zero attached hydrogens (tertiary/aromatic N) is 2. The predicted octanol–water partition coefficient (Wildman–Crippen LogP) is 3.59. The van der Waals surface area contributed by atoms with Crippen LogP contribution < -0.4 is 9.47 Å². The highest BCUT2D eigenvalue weighted by atomic mass is 16.5.